The summed E-state index contributed by atoms with van der Waals surface area (Å²) in [5.41, 5.74) is 0.900. The van der Waals surface area contributed by atoms with Crippen LogP contribution in [-0.2, 0) is 4.79 Å². The number of aliphatic imine (C=N–C) groups is 1. The van der Waals surface area contributed by atoms with Crippen LogP contribution in [0.15, 0.2) is 41.4 Å². The Morgan fingerprint density at radius 3 is 2.58 bits per heavy atom. The van der Waals surface area contributed by atoms with Gasteiger partial charge in [-0.3, -0.25) is 4.79 Å². The van der Waals surface area contributed by atoms with Gasteiger partial charge in [0.05, 0.1) is 17.6 Å². The van der Waals surface area contributed by atoms with Crippen molar-refractivity contribution in [2.24, 2.45) is 4.99 Å². The molecule has 0 radical (unpaired) electrons. The van der Waals surface area contributed by atoms with Gasteiger partial charge in [0.1, 0.15) is 23.8 Å². The Bertz CT molecular complexity index is 988. The van der Waals surface area contributed by atoms with E-state index in [1.807, 2.05) is 19.0 Å². The first-order valence-corrected chi connectivity index (χ1v) is 10.9. The van der Waals surface area contributed by atoms with E-state index < -0.39 is 17.7 Å². The lowest BCUT2D eigenvalue weighted by Gasteiger charge is -2.24. The quantitative estimate of drug-likeness (QED) is 0.476. The molecule has 33 heavy (non-hydrogen) atoms. The number of alkyl halides is 1. The average molecular weight is 460 g/mol. The van der Waals surface area contributed by atoms with Crippen LogP contribution in [-0.4, -0.2) is 50.1 Å². The van der Waals surface area contributed by atoms with E-state index in [1.54, 1.807) is 30.3 Å². The molecule has 2 aromatic carbocycles. The molecular weight excluding hydrogens is 428 g/mol. The number of hydrogen-bond donors (Lipinski definition) is 3. The van der Waals surface area contributed by atoms with Crippen molar-refractivity contribution in [2.75, 3.05) is 43.2 Å². The number of anilines is 3. The third-order valence-electron chi connectivity index (χ3n) is 5.05. The molecule has 1 aliphatic heterocycles. The number of likely N-dealkylation sites (N-methyl/N-ethyl adjacent to an activating group) is 1. The molecule has 1 aliphatic rings. The van der Waals surface area contributed by atoms with Crippen LogP contribution in [0.5, 0.6) is 5.75 Å². The zero-order valence-corrected chi connectivity index (χ0v) is 19.4. The second kappa shape index (κ2) is 10.6. The predicted octanol–water partition coefficient (Wildman–Crippen LogP) is 4.80. The van der Waals surface area contributed by atoms with Crippen molar-refractivity contribution in [1.82, 2.24) is 4.90 Å². The van der Waals surface area contributed by atoms with E-state index in [0.717, 1.165) is 6.54 Å². The summed E-state index contributed by atoms with van der Waals surface area (Å²) in [7, 11) is 3.89. The molecule has 178 valence electrons. The fourth-order valence-electron chi connectivity index (χ4n) is 3.23. The summed E-state index contributed by atoms with van der Waals surface area (Å²) in [6.45, 7) is 4.07. The van der Waals surface area contributed by atoms with Crippen molar-refractivity contribution >= 4 is 29.3 Å². The van der Waals surface area contributed by atoms with E-state index in [9.17, 15) is 13.6 Å². The van der Waals surface area contributed by atoms with E-state index in [1.165, 1.54) is 26.3 Å². The van der Waals surface area contributed by atoms with Gasteiger partial charge < -0.3 is 25.6 Å². The van der Waals surface area contributed by atoms with Gasteiger partial charge in [0, 0.05) is 36.5 Å². The second-order valence-corrected chi connectivity index (χ2v) is 8.83. The number of nitrogens with zero attached hydrogens (tertiary/aromatic N) is 2. The standard InChI is InChI=1S/C24H31F2N5O2/c1-24(2,26)10-9-21(32)29-16-5-7-17(8-6-16)30-23-22-19(25)13-18(33-12-11-31(3)4)14-20(22)27-15-28-23/h5-8,13-15,23,30H,9-12H2,1-4H3,(H,27,28)(H,29,32). The van der Waals surface area contributed by atoms with Crippen LogP contribution < -0.4 is 20.7 Å². The minimum Gasteiger partial charge on any atom is -0.492 e. The molecule has 1 atom stereocenters. The van der Waals surface area contributed by atoms with Crippen LogP contribution in [0.3, 0.4) is 0 Å². The first-order chi connectivity index (χ1) is 15.6. The number of ether oxygens (including phenoxy) is 1. The van der Waals surface area contributed by atoms with Gasteiger partial charge in [0.25, 0.3) is 0 Å². The SMILES string of the molecule is CN(C)CCOc1cc(F)c2c(c1)NC=NC2Nc1ccc(NC(=O)CCC(C)(C)F)cc1. The van der Waals surface area contributed by atoms with Gasteiger partial charge in [0.15, 0.2) is 6.17 Å². The molecule has 0 spiro atoms. The summed E-state index contributed by atoms with van der Waals surface area (Å²) >= 11 is 0. The lowest BCUT2D eigenvalue weighted by atomic mass is 10.0. The minimum absolute atomic E-state index is 0.101. The Labute approximate surface area is 193 Å². The third-order valence-corrected chi connectivity index (χ3v) is 5.05. The molecule has 1 unspecified atom stereocenters. The molecule has 9 heteroatoms. The van der Waals surface area contributed by atoms with Gasteiger partial charge in [-0.05, 0) is 58.6 Å². The monoisotopic (exact) mass is 459 g/mol. The zero-order valence-electron chi connectivity index (χ0n) is 19.4. The summed E-state index contributed by atoms with van der Waals surface area (Å²) in [5, 5.41) is 8.92. The van der Waals surface area contributed by atoms with Crippen LogP contribution in [0.1, 0.15) is 38.4 Å². The molecule has 0 aromatic heterocycles. The number of benzene rings is 2. The first kappa shape index (κ1) is 24.4. The predicted molar refractivity (Wildman–Crippen MR) is 128 cm³/mol. The van der Waals surface area contributed by atoms with Gasteiger partial charge in [-0.2, -0.15) is 0 Å². The molecule has 0 saturated heterocycles. The highest BCUT2D eigenvalue weighted by atomic mass is 19.1. The van der Waals surface area contributed by atoms with Gasteiger partial charge in [-0.15, -0.1) is 0 Å². The van der Waals surface area contributed by atoms with Crippen LogP contribution in [0, 0.1) is 5.82 Å². The van der Waals surface area contributed by atoms with Crippen molar-refractivity contribution in [2.45, 2.75) is 38.5 Å². The number of fused-ring (bicyclic) bond motifs is 1. The second-order valence-electron chi connectivity index (χ2n) is 8.83. The fourth-order valence-corrected chi connectivity index (χ4v) is 3.23. The van der Waals surface area contributed by atoms with E-state index in [0.29, 0.717) is 35.0 Å². The van der Waals surface area contributed by atoms with Gasteiger partial charge >= 0.3 is 0 Å². The highest BCUT2D eigenvalue weighted by molar-refractivity contribution is 5.91. The molecule has 0 saturated carbocycles. The molecule has 1 amide bonds. The molecular formula is C24H31F2N5O2. The number of hydrogen-bond acceptors (Lipinski definition) is 6. The molecule has 1 heterocycles. The molecule has 7 nitrogen and oxygen atoms in total. The fraction of sp³-hybridized carbons (Fsp3) is 0.417. The molecule has 0 fully saturated rings. The van der Waals surface area contributed by atoms with E-state index >= 15 is 0 Å². The lowest BCUT2D eigenvalue weighted by molar-refractivity contribution is -0.116. The molecule has 3 rings (SSSR count). The zero-order chi connectivity index (χ0) is 24.0. The maximum Gasteiger partial charge on any atom is 0.224 e. The third kappa shape index (κ3) is 7.42. The van der Waals surface area contributed by atoms with Crippen molar-refractivity contribution in [3.63, 3.8) is 0 Å². The largest absolute Gasteiger partial charge is 0.492 e. The van der Waals surface area contributed by atoms with Gasteiger partial charge in [-0.1, -0.05) is 0 Å². The number of carbonyl (C=O) groups excluding carboxylic acids is 1. The van der Waals surface area contributed by atoms with Gasteiger partial charge in [-0.25, -0.2) is 13.8 Å². The van der Waals surface area contributed by atoms with Crippen molar-refractivity contribution in [1.29, 1.82) is 0 Å². The maximum atomic E-state index is 14.9. The number of halogens is 2. The van der Waals surface area contributed by atoms with E-state index in [-0.39, 0.29) is 18.7 Å². The highest BCUT2D eigenvalue weighted by Gasteiger charge is 2.23. The molecule has 2 aromatic rings. The first-order valence-electron chi connectivity index (χ1n) is 10.9. The Hall–Kier alpha value is -3.20. The minimum atomic E-state index is -1.38. The smallest absolute Gasteiger partial charge is 0.224 e. The summed E-state index contributed by atoms with van der Waals surface area (Å²) in [4.78, 5) is 18.3. The summed E-state index contributed by atoms with van der Waals surface area (Å²) in [5.74, 6) is -0.219. The molecule has 3 N–H and O–H groups in total. The van der Waals surface area contributed by atoms with E-state index in [4.69, 9.17) is 4.74 Å². The van der Waals surface area contributed by atoms with E-state index in [2.05, 4.69) is 20.9 Å². The Morgan fingerprint density at radius 1 is 1.21 bits per heavy atom. The van der Waals surface area contributed by atoms with Crippen LogP contribution >= 0.6 is 0 Å². The Kier molecular flexibility index (Phi) is 7.86. The Balaban J connectivity index is 1.63. The van der Waals surface area contributed by atoms with Crippen LogP contribution in [0.2, 0.25) is 0 Å². The van der Waals surface area contributed by atoms with Gasteiger partial charge in [0.2, 0.25) is 5.91 Å². The van der Waals surface area contributed by atoms with Crippen molar-refractivity contribution in [3.8, 4) is 5.75 Å². The number of rotatable bonds is 10. The highest BCUT2D eigenvalue weighted by Crippen LogP contribution is 2.35. The lowest BCUT2D eigenvalue weighted by Crippen LogP contribution is -2.21. The topological polar surface area (TPSA) is 78.0 Å². The number of carbonyl (C=O) groups is 1. The normalized spacial score (nSPS) is 15.1. The average Bonchev–Trinajstić information content (AvgIpc) is 2.73. The van der Waals surface area contributed by atoms with Crippen molar-refractivity contribution in [3.05, 3.63) is 47.8 Å². The summed E-state index contributed by atoms with van der Waals surface area (Å²) < 4.78 is 34.1. The van der Waals surface area contributed by atoms with Crippen LogP contribution in [0.25, 0.3) is 0 Å². The summed E-state index contributed by atoms with van der Waals surface area (Å²) in [6.07, 6.45) is 1.15. The number of nitrogens with one attached hydrogen (secondary N) is 3. The maximum absolute atomic E-state index is 14.9. The van der Waals surface area contributed by atoms with Crippen LogP contribution in [0.4, 0.5) is 25.8 Å². The molecule has 0 bridgehead atoms. The van der Waals surface area contributed by atoms with Crippen molar-refractivity contribution < 1.29 is 18.3 Å². The summed E-state index contributed by atoms with van der Waals surface area (Å²) in [6, 6.07) is 10.1. The number of amides is 1. The molecule has 0 aliphatic carbocycles. The Morgan fingerprint density at radius 2 is 1.91 bits per heavy atom.